The number of aryl methyl sites for hydroxylation is 1. The highest BCUT2D eigenvalue weighted by Gasteiger charge is 2.18. The summed E-state index contributed by atoms with van der Waals surface area (Å²) < 4.78 is 40.6. The van der Waals surface area contributed by atoms with E-state index < -0.39 is 10.1 Å². The van der Waals surface area contributed by atoms with Crippen LogP contribution in [0.2, 0.25) is 0 Å². The third-order valence-corrected chi connectivity index (χ3v) is 4.76. The lowest BCUT2D eigenvalue weighted by Gasteiger charge is -2.13. The van der Waals surface area contributed by atoms with Crippen LogP contribution in [-0.4, -0.2) is 21.3 Å². The molecule has 0 radical (unpaired) electrons. The molecule has 0 aromatic heterocycles. The van der Waals surface area contributed by atoms with Crippen molar-refractivity contribution in [2.24, 2.45) is 0 Å². The Kier molecular flexibility index (Phi) is 4.54. The molecular formula is C17H18O5S. The van der Waals surface area contributed by atoms with Gasteiger partial charge in [-0.05, 0) is 49.7 Å². The van der Waals surface area contributed by atoms with Crippen LogP contribution < -0.4 is 8.92 Å². The van der Waals surface area contributed by atoms with Gasteiger partial charge in [0.15, 0.2) is 6.29 Å². The molecule has 2 aromatic carbocycles. The van der Waals surface area contributed by atoms with Gasteiger partial charge in [0.1, 0.15) is 16.4 Å². The molecule has 0 saturated carbocycles. The monoisotopic (exact) mass is 334 g/mol. The molecule has 2 aromatic rings. The summed E-state index contributed by atoms with van der Waals surface area (Å²) in [6.07, 6.45) is 1.62. The Labute approximate surface area is 135 Å². The first-order chi connectivity index (χ1) is 11.0. The Bertz CT molecular complexity index is 745. The van der Waals surface area contributed by atoms with E-state index in [0.717, 1.165) is 18.4 Å². The van der Waals surface area contributed by atoms with Crippen molar-refractivity contribution in [3.63, 3.8) is 0 Å². The second-order valence-electron chi connectivity index (χ2n) is 5.38. The zero-order valence-electron chi connectivity index (χ0n) is 12.8. The van der Waals surface area contributed by atoms with E-state index in [2.05, 4.69) is 0 Å². The summed E-state index contributed by atoms with van der Waals surface area (Å²) in [6.45, 7) is 2.60. The molecule has 122 valence electrons. The normalized spacial score (nSPS) is 17.9. The SMILES string of the molecule is Cc1ccc(S(=O)(=O)Oc2ccc(OC3CCCO3)cc2)cc1. The van der Waals surface area contributed by atoms with Gasteiger partial charge in [-0.2, -0.15) is 8.42 Å². The fourth-order valence-corrected chi connectivity index (χ4v) is 3.18. The highest BCUT2D eigenvalue weighted by molar-refractivity contribution is 7.87. The van der Waals surface area contributed by atoms with Crippen LogP contribution in [0.4, 0.5) is 0 Å². The number of ether oxygens (including phenoxy) is 2. The Morgan fingerprint density at radius 2 is 1.65 bits per heavy atom. The van der Waals surface area contributed by atoms with Crippen LogP contribution in [0.1, 0.15) is 18.4 Å². The summed E-state index contributed by atoms with van der Waals surface area (Å²) in [6, 6.07) is 13.0. The van der Waals surface area contributed by atoms with Crippen LogP contribution in [0.3, 0.4) is 0 Å². The molecular weight excluding hydrogens is 316 g/mol. The van der Waals surface area contributed by atoms with Crippen LogP contribution in [0.25, 0.3) is 0 Å². The van der Waals surface area contributed by atoms with Gasteiger partial charge in [0.05, 0.1) is 6.61 Å². The van der Waals surface area contributed by atoms with Gasteiger partial charge in [-0.1, -0.05) is 17.7 Å². The maximum atomic E-state index is 12.2. The highest BCUT2D eigenvalue weighted by atomic mass is 32.2. The molecule has 5 nitrogen and oxygen atoms in total. The summed E-state index contributed by atoms with van der Waals surface area (Å²) in [5, 5.41) is 0. The van der Waals surface area contributed by atoms with Gasteiger partial charge in [-0.25, -0.2) is 0 Å². The lowest BCUT2D eigenvalue weighted by Crippen LogP contribution is -2.14. The van der Waals surface area contributed by atoms with Crippen molar-refractivity contribution in [3.8, 4) is 11.5 Å². The van der Waals surface area contributed by atoms with Crippen molar-refractivity contribution in [1.82, 2.24) is 0 Å². The molecule has 1 unspecified atom stereocenters. The van der Waals surface area contributed by atoms with E-state index in [-0.39, 0.29) is 16.9 Å². The van der Waals surface area contributed by atoms with Gasteiger partial charge < -0.3 is 13.7 Å². The standard InChI is InChI=1S/C17H18O5S/c1-13-4-10-16(11-5-13)23(18,19)22-15-8-6-14(7-9-15)21-17-3-2-12-20-17/h4-11,17H,2-3,12H2,1H3. The maximum Gasteiger partial charge on any atom is 0.339 e. The number of hydrogen-bond acceptors (Lipinski definition) is 5. The topological polar surface area (TPSA) is 61.8 Å². The first-order valence-corrected chi connectivity index (χ1v) is 8.83. The van der Waals surface area contributed by atoms with Crippen LogP contribution in [0.15, 0.2) is 53.4 Å². The molecule has 6 heteroatoms. The summed E-state index contributed by atoms with van der Waals surface area (Å²) >= 11 is 0. The van der Waals surface area contributed by atoms with Gasteiger partial charge in [0, 0.05) is 6.42 Å². The predicted octanol–water partition coefficient (Wildman–Crippen LogP) is 3.28. The minimum atomic E-state index is -3.83. The highest BCUT2D eigenvalue weighted by Crippen LogP contribution is 2.24. The number of benzene rings is 2. The van der Waals surface area contributed by atoms with E-state index in [4.69, 9.17) is 13.7 Å². The Morgan fingerprint density at radius 3 is 2.26 bits per heavy atom. The van der Waals surface area contributed by atoms with Crippen molar-refractivity contribution in [2.45, 2.75) is 31.0 Å². The fourth-order valence-electron chi connectivity index (χ4n) is 2.25. The number of hydrogen-bond donors (Lipinski definition) is 0. The van der Waals surface area contributed by atoms with E-state index in [1.54, 1.807) is 36.4 Å². The molecule has 0 aliphatic carbocycles. The maximum absolute atomic E-state index is 12.2. The molecule has 3 rings (SSSR count). The zero-order chi connectivity index (χ0) is 16.3. The lowest BCUT2D eigenvalue weighted by atomic mass is 10.2. The van der Waals surface area contributed by atoms with Crippen molar-refractivity contribution in [3.05, 3.63) is 54.1 Å². The molecule has 1 fully saturated rings. The van der Waals surface area contributed by atoms with Gasteiger partial charge in [0.25, 0.3) is 0 Å². The minimum Gasteiger partial charge on any atom is -0.465 e. The largest absolute Gasteiger partial charge is 0.465 e. The van der Waals surface area contributed by atoms with Gasteiger partial charge in [-0.15, -0.1) is 0 Å². The Morgan fingerprint density at radius 1 is 1.00 bits per heavy atom. The molecule has 0 amide bonds. The predicted molar refractivity (Wildman–Crippen MR) is 85.0 cm³/mol. The van der Waals surface area contributed by atoms with E-state index in [1.165, 1.54) is 12.1 Å². The van der Waals surface area contributed by atoms with Gasteiger partial charge >= 0.3 is 10.1 Å². The molecule has 0 N–H and O–H groups in total. The smallest absolute Gasteiger partial charge is 0.339 e. The summed E-state index contributed by atoms with van der Waals surface area (Å²) in [5.74, 6) is 0.863. The quantitative estimate of drug-likeness (QED) is 0.785. The van der Waals surface area contributed by atoms with Crippen LogP contribution in [0.5, 0.6) is 11.5 Å². The van der Waals surface area contributed by atoms with Crippen LogP contribution in [0, 0.1) is 6.92 Å². The second-order valence-corrected chi connectivity index (χ2v) is 6.93. The van der Waals surface area contributed by atoms with Crippen molar-refractivity contribution < 1.29 is 22.1 Å². The fraction of sp³-hybridized carbons (Fsp3) is 0.294. The van der Waals surface area contributed by atoms with E-state index in [0.29, 0.717) is 12.4 Å². The van der Waals surface area contributed by atoms with E-state index in [1.807, 2.05) is 6.92 Å². The minimum absolute atomic E-state index is 0.128. The van der Waals surface area contributed by atoms with Crippen molar-refractivity contribution in [2.75, 3.05) is 6.61 Å². The summed E-state index contributed by atoms with van der Waals surface area (Å²) in [5.41, 5.74) is 0.986. The van der Waals surface area contributed by atoms with Crippen molar-refractivity contribution >= 4 is 10.1 Å². The lowest BCUT2D eigenvalue weighted by molar-refractivity contribution is -0.0390. The third kappa shape index (κ3) is 4.03. The molecule has 1 aliphatic rings. The zero-order valence-corrected chi connectivity index (χ0v) is 13.6. The average molecular weight is 334 g/mol. The Hall–Kier alpha value is -2.05. The molecule has 0 bridgehead atoms. The summed E-state index contributed by atoms with van der Waals surface area (Å²) in [7, 11) is -3.83. The van der Waals surface area contributed by atoms with E-state index in [9.17, 15) is 8.42 Å². The molecule has 0 spiro atoms. The van der Waals surface area contributed by atoms with Gasteiger partial charge in [0.2, 0.25) is 0 Å². The molecule has 23 heavy (non-hydrogen) atoms. The van der Waals surface area contributed by atoms with E-state index >= 15 is 0 Å². The third-order valence-electron chi connectivity index (χ3n) is 3.49. The molecule has 1 aliphatic heterocycles. The number of rotatable bonds is 5. The first kappa shape index (κ1) is 15.8. The average Bonchev–Trinajstić information content (AvgIpc) is 3.02. The van der Waals surface area contributed by atoms with Gasteiger partial charge in [-0.3, -0.25) is 0 Å². The van der Waals surface area contributed by atoms with Crippen LogP contribution >= 0.6 is 0 Å². The molecule has 1 heterocycles. The molecule has 1 saturated heterocycles. The first-order valence-electron chi connectivity index (χ1n) is 7.42. The Balaban J connectivity index is 1.68. The van der Waals surface area contributed by atoms with Crippen molar-refractivity contribution in [1.29, 1.82) is 0 Å². The molecule has 1 atom stereocenters. The van der Waals surface area contributed by atoms with Crippen LogP contribution in [-0.2, 0) is 14.9 Å². The summed E-state index contributed by atoms with van der Waals surface area (Å²) in [4.78, 5) is 0.128. The second kappa shape index (κ2) is 6.60.